The van der Waals surface area contributed by atoms with Crippen molar-refractivity contribution in [1.82, 2.24) is 0 Å². The van der Waals surface area contributed by atoms with Gasteiger partial charge in [0.05, 0.1) is 11.7 Å². The zero-order valence-corrected chi connectivity index (χ0v) is 20.5. The minimum Gasteiger partial charge on any atom is -0.393 e. The fraction of sp³-hybridized carbons (Fsp3) is 0.857. The van der Waals surface area contributed by atoms with E-state index in [9.17, 15) is 10.2 Å². The summed E-state index contributed by atoms with van der Waals surface area (Å²) in [7, 11) is 0. The minimum absolute atomic E-state index is 0.0413. The summed E-state index contributed by atoms with van der Waals surface area (Å²) in [6, 6.07) is 0. The van der Waals surface area contributed by atoms with Crippen molar-refractivity contribution in [2.24, 2.45) is 40.4 Å². The van der Waals surface area contributed by atoms with Gasteiger partial charge >= 0.3 is 0 Å². The smallest absolute Gasteiger partial charge is 0.110 e. The SMILES string of the molecule is CC(C)[C@@H](C)/C=C/[C@@H](C)[C@H]1CC[C@H]2C3=C[C@@H](O)[C@@]45C[C@@H](O)CC[C@]4(C)[C@]3(CC[C@]12C)O5. The Kier molecular flexibility index (Phi) is 4.96. The lowest BCUT2D eigenvalue weighted by Crippen LogP contribution is -2.84. The molecule has 0 radical (unpaired) electrons. The molecule has 3 nitrogen and oxygen atoms in total. The minimum atomic E-state index is -0.588. The Morgan fingerprint density at radius 2 is 1.74 bits per heavy atom. The largest absolute Gasteiger partial charge is 0.393 e. The highest BCUT2D eigenvalue weighted by Crippen LogP contribution is 2.77. The van der Waals surface area contributed by atoms with Crippen LogP contribution in [-0.4, -0.2) is 33.6 Å². The maximum Gasteiger partial charge on any atom is 0.110 e. The first-order chi connectivity index (χ1) is 14.5. The molecule has 0 aromatic heterocycles. The summed E-state index contributed by atoms with van der Waals surface area (Å²) in [5, 5.41) is 21.6. The molecule has 31 heavy (non-hydrogen) atoms. The molecule has 2 heterocycles. The number of fused-ring (bicyclic) bond motifs is 2. The van der Waals surface area contributed by atoms with Gasteiger partial charge in [-0.05, 0) is 79.1 Å². The van der Waals surface area contributed by atoms with E-state index in [0.29, 0.717) is 36.0 Å². The number of allylic oxidation sites excluding steroid dienone is 2. The molecule has 2 aliphatic heterocycles. The predicted molar refractivity (Wildman–Crippen MR) is 124 cm³/mol. The van der Waals surface area contributed by atoms with Crippen molar-refractivity contribution in [3.05, 3.63) is 23.8 Å². The number of hydrogen-bond donors (Lipinski definition) is 2. The van der Waals surface area contributed by atoms with Crippen LogP contribution in [0.1, 0.15) is 86.5 Å². The third-order valence-electron chi connectivity index (χ3n) is 11.2. The normalized spacial score (nSPS) is 52.7. The first-order valence-electron chi connectivity index (χ1n) is 13.0. The number of aliphatic hydroxyl groups is 2. The maximum absolute atomic E-state index is 11.3. The summed E-state index contributed by atoms with van der Waals surface area (Å²) in [4.78, 5) is 0. The average Bonchev–Trinajstić information content (AvgIpc) is 3.07. The van der Waals surface area contributed by atoms with Crippen LogP contribution in [0.3, 0.4) is 0 Å². The molecule has 2 bridgehead atoms. The van der Waals surface area contributed by atoms with Crippen LogP contribution in [0.25, 0.3) is 0 Å². The van der Waals surface area contributed by atoms with Crippen LogP contribution in [0.15, 0.2) is 23.8 Å². The topological polar surface area (TPSA) is 49.7 Å². The van der Waals surface area contributed by atoms with Crippen LogP contribution < -0.4 is 0 Å². The quantitative estimate of drug-likeness (QED) is 0.568. The van der Waals surface area contributed by atoms with Crippen LogP contribution in [-0.2, 0) is 4.74 Å². The number of ether oxygens (including phenoxy) is 1. The molecule has 6 aliphatic rings. The van der Waals surface area contributed by atoms with E-state index >= 15 is 0 Å². The van der Waals surface area contributed by atoms with Gasteiger partial charge < -0.3 is 14.9 Å². The monoisotopic (exact) mass is 428 g/mol. The zero-order chi connectivity index (χ0) is 22.4. The van der Waals surface area contributed by atoms with Crippen LogP contribution in [0.4, 0.5) is 0 Å². The van der Waals surface area contributed by atoms with Gasteiger partial charge in [-0.2, -0.15) is 0 Å². The van der Waals surface area contributed by atoms with E-state index in [2.05, 4.69) is 59.8 Å². The second kappa shape index (κ2) is 6.93. The van der Waals surface area contributed by atoms with E-state index < -0.39 is 11.7 Å². The Morgan fingerprint density at radius 1 is 1.00 bits per heavy atom. The summed E-state index contributed by atoms with van der Waals surface area (Å²) >= 11 is 0. The summed E-state index contributed by atoms with van der Waals surface area (Å²) in [6.45, 7) is 14.2. The van der Waals surface area contributed by atoms with Crippen molar-refractivity contribution in [2.75, 3.05) is 0 Å². The number of rotatable bonds is 4. The highest BCUT2D eigenvalue weighted by molar-refractivity contribution is 5.46. The van der Waals surface area contributed by atoms with Crippen LogP contribution >= 0.6 is 0 Å². The first-order valence-corrected chi connectivity index (χ1v) is 13.0. The van der Waals surface area contributed by atoms with E-state index in [4.69, 9.17) is 4.74 Å². The molecule has 0 aromatic rings. The number of aliphatic hydroxyl groups excluding tert-OH is 2. The van der Waals surface area contributed by atoms with E-state index in [1.54, 1.807) is 0 Å². The highest BCUT2D eigenvalue weighted by atomic mass is 16.6. The molecule has 2 N–H and O–H groups in total. The second-order valence-corrected chi connectivity index (χ2v) is 12.7. The zero-order valence-electron chi connectivity index (χ0n) is 20.5. The van der Waals surface area contributed by atoms with Crippen molar-refractivity contribution in [1.29, 1.82) is 0 Å². The fourth-order valence-corrected chi connectivity index (χ4v) is 8.76. The lowest BCUT2D eigenvalue weighted by atomic mass is 9.39. The van der Waals surface area contributed by atoms with Gasteiger partial charge in [-0.1, -0.05) is 59.8 Å². The van der Waals surface area contributed by atoms with Gasteiger partial charge in [0.2, 0.25) is 0 Å². The van der Waals surface area contributed by atoms with Gasteiger partial charge in [-0.3, -0.25) is 0 Å². The molecule has 0 unspecified atom stereocenters. The Bertz CT molecular complexity index is 800. The molecule has 2 spiro atoms. The molecular formula is C28H44O3. The fourth-order valence-electron chi connectivity index (χ4n) is 8.76. The molecule has 4 aliphatic carbocycles. The Hall–Kier alpha value is -0.640. The predicted octanol–water partition coefficient (Wildman–Crippen LogP) is 5.66. The van der Waals surface area contributed by atoms with Gasteiger partial charge in [-0.25, -0.2) is 0 Å². The first kappa shape index (κ1) is 22.2. The summed E-state index contributed by atoms with van der Waals surface area (Å²) in [6.07, 6.45) is 13.3. The number of hydrogen-bond acceptors (Lipinski definition) is 3. The molecule has 3 saturated carbocycles. The Labute approximate surface area is 189 Å². The molecular weight excluding hydrogens is 384 g/mol. The third-order valence-corrected chi connectivity index (χ3v) is 11.2. The highest BCUT2D eigenvalue weighted by Gasteiger charge is 2.81. The maximum atomic E-state index is 11.3. The summed E-state index contributed by atoms with van der Waals surface area (Å²) in [5.74, 6) is 3.10. The van der Waals surface area contributed by atoms with Crippen molar-refractivity contribution in [3.8, 4) is 0 Å². The van der Waals surface area contributed by atoms with Crippen molar-refractivity contribution in [3.63, 3.8) is 0 Å². The molecule has 4 fully saturated rings. The van der Waals surface area contributed by atoms with Gasteiger partial charge in [0, 0.05) is 11.8 Å². The molecule has 0 aromatic carbocycles. The van der Waals surface area contributed by atoms with Crippen molar-refractivity contribution >= 4 is 0 Å². The summed E-state index contributed by atoms with van der Waals surface area (Å²) < 4.78 is 6.81. The van der Waals surface area contributed by atoms with Crippen molar-refractivity contribution in [2.45, 2.75) is 110 Å². The van der Waals surface area contributed by atoms with E-state index in [-0.39, 0.29) is 22.5 Å². The third kappa shape index (κ3) is 2.63. The Morgan fingerprint density at radius 3 is 2.45 bits per heavy atom. The van der Waals surface area contributed by atoms with Gasteiger partial charge in [0.1, 0.15) is 11.7 Å². The standard InChI is InChI=1S/C28H44O3/c1-17(2)18(3)7-8-19(4)21-9-10-22-23-15-24(30)28-16-20(29)11-12-26(28,6)27(23,31-28)14-13-25(21,22)5/h7-8,15,17-22,24,29-30H,9-14,16H2,1-6H3/b8-7+/t18-,19+,20-,21+,22-,24+,25+,26+,27+,28-/m0/s1. The van der Waals surface area contributed by atoms with Crippen LogP contribution in [0.2, 0.25) is 0 Å². The van der Waals surface area contributed by atoms with Gasteiger partial charge in [-0.15, -0.1) is 0 Å². The summed E-state index contributed by atoms with van der Waals surface area (Å²) in [5.41, 5.74) is 0.897. The van der Waals surface area contributed by atoms with Crippen LogP contribution in [0, 0.1) is 40.4 Å². The molecule has 0 amide bonds. The van der Waals surface area contributed by atoms with Gasteiger partial charge in [0.25, 0.3) is 0 Å². The molecule has 3 heteroatoms. The lowest BCUT2D eigenvalue weighted by Gasteiger charge is -2.78. The molecule has 1 saturated heterocycles. The second-order valence-electron chi connectivity index (χ2n) is 12.7. The molecule has 10 atom stereocenters. The van der Waals surface area contributed by atoms with E-state index in [1.165, 1.54) is 24.8 Å². The van der Waals surface area contributed by atoms with Gasteiger partial charge in [0.15, 0.2) is 0 Å². The molecule has 6 rings (SSSR count). The van der Waals surface area contributed by atoms with E-state index in [0.717, 1.165) is 19.3 Å². The average molecular weight is 429 g/mol. The molecule has 174 valence electrons. The Balaban J connectivity index is 1.44. The van der Waals surface area contributed by atoms with Crippen LogP contribution in [0.5, 0.6) is 0 Å². The van der Waals surface area contributed by atoms with Crippen molar-refractivity contribution < 1.29 is 14.9 Å². The lowest BCUT2D eigenvalue weighted by molar-refractivity contribution is -0.417. The van der Waals surface area contributed by atoms with E-state index in [1.807, 2.05) is 0 Å².